The summed E-state index contributed by atoms with van der Waals surface area (Å²) in [6.07, 6.45) is 0. The van der Waals surface area contributed by atoms with Crippen LogP contribution in [0.2, 0.25) is 0 Å². The SMILES string of the molecule is N#[C][Al]([C]#N)[C]#N.N#[C][Al]([C]#N)[C]#N.N#[C][Al]([C]#N)[C]#N.N#[C][Al]([C]#N)[C]#N.[C-]#N.[C-]#N.[C-]#N.[C-]#N.[C-]#N.[C-]#N.[Fe+2].[Fe+2].[Fe+2]. The zero-order chi connectivity index (χ0) is 34.8. The molecule has 43 heavy (non-hydrogen) atoms. The van der Waals surface area contributed by atoms with Gasteiger partial charge in [0.05, 0.1) is 0 Å². The Balaban J connectivity index is -0.0000000222. The molecule has 0 rings (SSSR count). The Morgan fingerprint density at radius 2 is 0.256 bits per heavy atom. The summed E-state index contributed by atoms with van der Waals surface area (Å²) in [5.74, 6) is 0. The second kappa shape index (κ2) is 134. The molecule has 0 radical (unpaired) electrons. The number of hydrogen-bond donors (Lipinski definition) is 0. The van der Waals surface area contributed by atoms with Crippen molar-refractivity contribution in [2.45, 2.75) is 0 Å². The van der Waals surface area contributed by atoms with Crippen LogP contribution in [-0.4, -0.2) is 56.6 Å². The van der Waals surface area contributed by atoms with Gasteiger partial charge in [-0.05, 0) is 59.2 Å². The van der Waals surface area contributed by atoms with Gasteiger partial charge in [-0.1, -0.05) is 0 Å². The summed E-state index contributed by atoms with van der Waals surface area (Å²) in [4.78, 5) is 19.4. The third-order valence-corrected chi connectivity index (χ3v) is 4.65. The van der Waals surface area contributed by atoms with Gasteiger partial charge in [0.1, 0.15) is 0 Å². The van der Waals surface area contributed by atoms with Gasteiger partial charge in [0.2, 0.25) is 0 Å². The number of rotatable bonds is 0. The number of hydrogen-bond acceptors (Lipinski definition) is 18. The maximum absolute atomic E-state index is 7.89. The predicted octanol–water partition coefficient (Wildman–Crippen LogP) is -0.751. The summed E-state index contributed by atoms with van der Waals surface area (Å²) in [7, 11) is 0. The fourth-order valence-electron chi connectivity index (χ4n) is 0.346. The van der Waals surface area contributed by atoms with Crippen molar-refractivity contribution in [3.05, 3.63) is 39.4 Å². The molecule has 0 saturated heterocycles. The summed E-state index contributed by atoms with van der Waals surface area (Å²) >= 11 is -9.02. The molecule has 0 unspecified atom stereocenters. The molecule has 0 amide bonds. The zero-order valence-corrected chi connectivity index (χ0v) is 28.4. The Labute approximate surface area is 298 Å². The van der Waals surface area contributed by atoms with E-state index in [1.807, 2.05) is 0 Å². The minimum absolute atomic E-state index is 0. The molecule has 0 saturated carbocycles. The standard InChI is InChI=1S/18CN.4Al.3Fe/c18*1-2;;;;;;;/q;;;;;;;;;;;;6*-1;;;;;3*+2. The van der Waals surface area contributed by atoms with E-state index >= 15 is 0 Å². The molecule has 0 bridgehead atoms. The molecule has 25 heteroatoms. The molecule has 0 heterocycles. The molecule has 0 aliphatic rings. The van der Waals surface area contributed by atoms with Gasteiger partial charge < -0.3 is 71.0 Å². The molecule has 0 spiro atoms. The van der Waals surface area contributed by atoms with E-state index in [1.165, 1.54) is 0 Å². The molecular formula is C18Al4Fe3N18. The molecule has 0 fully saturated rings. The first-order chi connectivity index (χ1) is 19.4. The van der Waals surface area contributed by atoms with Crippen LogP contribution in [0.5, 0.6) is 0 Å². The first-order valence-electron chi connectivity index (χ1n) is 7.49. The minimum Gasteiger partial charge on any atom is -0.512 e. The van der Waals surface area contributed by atoms with Crippen molar-refractivity contribution in [3.63, 3.8) is 0 Å². The van der Waals surface area contributed by atoms with Gasteiger partial charge in [-0.2, -0.15) is 0 Å². The van der Waals surface area contributed by atoms with Gasteiger partial charge in [0, 0.05) is 0 Å². The van der Waals surface area contributed by atoms with E-state index in [0.29, 0.717) is 0 Å². The van der Waals surface area contributed by atoms with Crippen LogP contribution in [0.4, 0.5) is 0 Å². The van der Waals surface area contributed by atoms with E-state index < -0.39 is 56.6 Å². The summed E-state index contributed by atoms with van der Waals surface area (Å²) in [6.45, 7) is 28.5. The third-order valence-electron chi connectivity index (χ3n) is 1.55. The summed E-state index contributed by atoms with van der Waals surface area (Å²) in [5, 5.41) is 132. The van der Waals surface area contributed by atoms with Gasteiger partial charge in [-0.25, -0.2) is 63.1 Å². The average molecular weight is 744 g/mol. The normalized spacial score (nSPS) is 3.35. The Bertz CT molecular complexity index is 941. The smallest absolute Gasteiger partial charge is 0.512 e. The van der Waals surface area contributed by atoms with Crippen molar-refractivity contribution in [1.29, 1.82) is 94.7 Å². The van der Waals surface area contributed by atoms with E-state index in [9.17, 15) is 0 Å². The summed E-state index contributed by atoms with van der Waals surface area (Å²) in [6, 6.07) is 0. The molecule has 0 aliphatic heterocycles. The molecule has 0 aliphatic carbocycles. The van der Waals surface area contributed by atoms with Gasteiger partial charge in [0.15, 0.2) is 0 Å². The van der Waals surface area contributed by atoms with Crippen LogP contribution in [0.3, 0.4) is 0 Å². The van der Waals surface area contributed by atoms with Gasteiger partial charge in [-0.3, -0.25) is 0 Å². The van der Waals surface area contributed by atoms with E-state index in [-0.39, 0.29) is 51.2 Å². The fraction of sp³-hybridized carbons (Fsp3) is 0. The molecule has 18 nitrogen and oxygen atoms in total. The van der Waals surface area contributed by atoms with Crippen LogP contribution in [0.15, 0.2) is 0 Å². The summed E-state index contributed by atoms with van der Waals surface area (Å²) in [5.41, 5.74) is 0. The van der Waals surface area contributed by atoms with Crippen LogP contribution >= 0.6 is 0 Å². The van der Waals surface area contributed by atoms with Gasteiger partial charge >= 0.3 is 108 Å². The summed E-state index contributed by atoms with van der Waals surface area (Å²) < 4.78 is 0. The van der Waals surface area contributed by atoms with Crippen LogP contribution in [0, 0.1) is 193 Å². The minimum atomic E-state index is -2.25. The molecule has 0 aromatic heterocycles. The Hall–Kier alpha value is -5.49. The Kier molecular flexibility index (Phi) is 260. The molecule has 198 valence electrons. The maximum atomic E-state index is 7.89. The van der Waals surface area contributed by atoms with E-state index in [0.717, 1.165) is 0 Å². The monoisotopic (exact) mass is 744 g/mol. The van der Waals surface area contributed by atoms with Crippen molar-refractivity contribution in [2.75, 3.05) is 0 Å². The van der Waals surface area contributed by atoms with Gasteiger partial charge in [-0.15, -0.1) is 0 Å². The zero-order valence-electron chi connectivity index (χ0n) is 20.4. The predicted molar refractivity (Wildman–Crippen MR) is 120 cm³/mol. The van der Waals surface area contributed by atoms with Crippen LogP contribution < -0.4 is 0 Å². The van der Waals surface area contributed by atoms with Crippen molar-refractivity contribution in [3.8, 4) is 59.2 Å². The van der Waals surface area contributed by atoms with Crippen molar-refractivity contribution in [2.24, 2.45) is 0 Å². The molecule has 0 aromatic rings. The van der Waals surface area contributed by atoms with E-state index in [4.69, 9.17) is 134 Å². The number of nitrogens with zero attached hydrogens (tertiary/aromatic N) is 18. The molecular weight excluding hydrogens is 744 g/mol. The second-order valence-corrected chi connectivity index (χ2v) is 9.84. The maximum Gasteiger partial charge on any atom is 2.00 e. The molecule has 0 aromatic carbocycles. The molecule has 0 N–H and O–H groups in total. The van der Waals surface area contributed by atoms with Crippen LogP contribution in [-0.2, 0) is 51.2 Å². The topological polar surface area (TPSA) is 428 Å². The van der Waals surface area contributed by atoms with Crippen molar-refractivity contribution in [1.82, 2.24) is 0 Å². The van der Waals surface area contributed by atoms with E-state index in [1.54, 1.807) is 59.2 Å². The quantitative estimate of drug-likeness (QED) is 0.217. The van der Waals surface area contributed by atoms with Crippen LogP contribution in [0.25, 0.3) is 0 Å². The first kappa shape index (κ1) is 83.2. The Morgan fingerprint density at radius 1 is 0.209 bits per heavy atom. The third kappa shape index (κ3) is 127. The largest absolute Gasteiger partial charge is 2.00 e. The van der Waals surface area contributed by atoms with Crippen molar-refractivity contribution >= 4 is 56.6 Å². The van der Waals surface area contributed by atoms with Crippen LogP contribution in [0.1, 0.15) is 0 Å². The first-order valence-corrected chi connectivity index (χ1v) is 14.4. The van der Waals surface area contributed by atoms with E-state index in [2.05, 4.69) is 0 Å². The van der Waals surface area contributed by atoms with Gasteiger partial charge in [0.25, 0.3) is 0 Å². The molecule has 0 atom stereocenters. The fourth-order valence-corrected chi connectivity index (χ4v) is 1.04. The Morgan fingerprint density at radius 3 is 0.256 bits per heavy atom. The average Bonchev–Trinajstić information content (AvgIpc) is 3.07. The number of nitriles is 12. The van der Waals surface area contributed by atoms with Crippen molar-refractivity contribution < 1.29 is 51.2 Å². The second-order valence-electron chi connectivity index (χ2n) is 3.28.